The highest BCUT2D eigenvalue weighted by atomic mass is 32.1. The number of nitrogens with zero attached hydrogens (tertiary/aromatic N) is 7. The normalized spacial score (nSPS) is 18.7. The molecule has 3 aliphatic rings. The van der Waals surface area contributed by atoms with Crippen LogP contribution in [-0.4, -0.2) is 84.4 Å². The Labute approximate surface area is 375 Å². The van der Waals surface area contributed by atoms with Crippen molar-refractivity contribution in [3.05, 3.63) is 82.2 Å². The first-order valence-electron chi connectivity index (χ1n) is 21.7. The molecule has 3 unspecified atom stereocenters. The minimum absolute atomic E-state index is 0.0711. The molecule has 3 N–H and O–H groups in total. The SMILES string of the molecule is CO[C@@H](C)COc1nc(N2CC=CC(NC(=O)OC(C)(C)C)C2)c2cc(C3CC3)c(-c3c(C)c(F)cc(N)c3/C=N/S)c(OCc3ccc(C4CN(C(C)C(C)C)N=N4)cc3)c2n1. The van der Waals surface area contributed by atoms with Gasteiger partial charge in [0, 0.05) is 60.2 Å². The molecular weight excluding hydrogens is 822 g/mol. The van der Waals surface area contributed by atoms with E-state index in [4.69, 9.17) is 34.6 Å². The first-order valence-corrected chi connectivity index (χ1v) is 22.1. The van der Waals surface area contributed by atoms with E-state index >= 15 is 4.39 Å². The van der Waals surface area contributed by atoms with Gasteiger partial charge in [-0.25, -0.2) is 13.6 Å². The van der Waals surface area contributed by atoms with E-state index in [-0.39, 0.29) is 55.1 Å². The van der Waals surface area contributed by atoms with E-state index < -0.39 is 17.5 Å². The third kappa shape index (κ3) is 10.5. The molecule has 63 heavy (non-hydrogen) atoms. The van der Waals surface area contributed by atoms with Crippen molar-refractivity contribution in [1.29, 1.82) is 0 Å². The molecule has 1 aliphatic carbocycles. The molecule has 0 bridgehead atoms. The lowest BCUT2D eigenvalue weighted by Crippen LogP contribution is -2.47. The van der Waals surface area contributed by atoms with Crippen LogP contribution in [0.25, 0.3) is 22.0 Å². The predicted molar refractivity (Wildman–Crippen MR) is 248 cm³/mol. The summed E-state index contributed by atoms with van der Waals surface area (Å²) in [6.07, 6.45) is 6.55. The lowest BCUT2D eigenvalue weighted by molar-refractivity contribution is 0.0515. The molecule has 336 valence electrons. The average molecular weight is 882 g/mol. The number of aromatic nitrogens is 2. The number of methoxy groups -OCH3 is 1. The number of hydrogen-bond acceptors (Lipinski definition) is 14. The fourth-order valence-corrected chi connectivity index (χ4v) is 7.91. The molecule has 3 heterocycles. The van der Waals surface area contributed by atoms with Crippen LogP contribution in [0.5, 0.6) is 11.8 Å². The van der Waals surface area contributed by atoms with Gasteiger partial charge in [0.2, 0.25) is 0 Å². The summed E-state index contributed by atoms with van der Waals surface area (Å²) in [4.78, 5) is 25.1. The van der Waals surface area contributed by atoms with Gasteiger partial charge in [-0.2, -0.15) is 15.1 Å². The van der Waals surface area contributed by atoms with Gasteiger partial charge in [-0.1, -0.05) is 55.5 Å². The summed E-state index contributed by atoms with van der Waals surface area (Å²) in [6.45, 7) is 17.6. The van der Waals surface area contributed by atoms with Crippen molar-refractivity contribution in [2.24, 2.45) is 20.7 Å². The lowest BCUT2D eigenvalue weighted by Gasteiger charge is -2.32. The Hall–Kier alpha value is -5.48. The van der Waals surface area contributed by atoms with E-state index in [9.17, 15) is 4.79 Å². The van der Waals surface area contributed by atoms with Gasteiger partial charge in [0.1, 0.15) is 42.0 Å². The van der Waals surface area contributed by atoms with Crippen LogP contribution in [-0.2, 0) is 16.1 Å². The van der Waals surface area contributed by atoms with Crippen LogP contribution in [0.3, 0.4) is 0 Å². The van der Waals surface area contributed by atoms with E-state index in [2.05, 4.69) is 81.7 Å². The number of benzene rings is 3. The molecule has 4 atom stereocenters. The summed E-state index contributed by atoms with van der Waals surface area (Å²) in [5.74, 6) is 1.14. The van der Waals surface area contributed by atoms with Crippen molar-refractivity contribution >= 4 is 47.5 Å². The highest BCUT2D eigenvalue weighted by Gasteiger charge is 2.35. The number of alkyl carbamates (subject to hydrolysis) is 1. The molecule has 14 nitrogen and oxygen atoms in total. The summed E-state index contributed by atoms with van der Waals surface area (Å²) in [6, 6.07) is 11.5. The molecule has 1 aromatic heterocycles. The molecule has 1 fully saturated rings. The average Bonchev–Trinajstić information content (AvgIpc) is 3.98. The summed E-state index contributed by atoms with van der Waals surface area (Å²) in [7, 11) is 1.61. The Morgan fingerprint density at radius 1 is 1.08 bits per heavy atom. The van der Waals surface area contributed by atoms with Crippen molar-refractivity contribution in [2.75, 3.05) is 44.0 Å². The van der Waals surface area contributed by atoms with E-state index in [1.165, 1.54) is 12.3 Å². The number of fused-ring (bicyclic) bond motifs is 1. The molecule has 4 aromatic rings. The van der Waals surface area contributed by atoms with E-state index in [1.54, 1.807) is 14.0 Å². The number of nitrogens with two attached hydrogens (primary N) is 1. The van der Waals surface area contributed by atoms with Crippen molar-refractivity contribution in [3.63, 3.8) is 0 Å². The summed E-state index contributed by atoms with van der Waals surface area (Å²) in [5.41, 5.74) is 11.6. The molecule has 7 rings (SSSR count). The van der Waals surface area contributed by atoms with Crippen molar-refractivity contribution < 1.29 is 28.1 Å². The predicted octanol–water partition coefficient (Wildman–Crippen LogP) is 9.50. The van der Waals surface area contributed by atoms with Crippen LogP contribution < -0.4 is 25.4 Å². The minimum Gasteiger partial charge on any atom is -0.486 e. The maximum Gasteiger partial charge on any atom is 0.408 e. The number of rotatable bonds is 15. The number of ether oxygens (including phenoxy) is 4. The van der Waals surface area contributed by atoms with Crippen LogP contribution in [0.15, 0.2) is 63.3 Å². The number of hydrogen-bond donors (Lipinski definition) is 3. The van der Waals surface area contributed by atoms with E-state index in [0.717, 1.165) is 29.5 Å². The third-order valence-corrected chi connectivity index (χ3v) is 11.9. The standard InChI is InChI=1S/C47H60FN9O5S/c1-26(2)29(5)57-23-39(54-55-57)32-14-12-30(13-15-32)25-60-43-41(40-28(4)37(48)20-38(49)36(40)21-50-63)34(31-16-17-31)19-35-42(43)52-45(61-24-27(3)59-9)53-44(35)56-18-10-11-33(22-56)51-46(58)62-47(6,7)8/h10-15,19-21,26-27,29,31,33,39,63H,16-18,22-25,49H2,1-9H3,(H,51,58)/b50-21+/t27-,29?,33?,39?/m0/s1. The summed E-state index contributed by atoms with van der Waals surface area (Å²) in [5, 5.41) is 14.8. The molecule has 1 saturated carbocycles. The second-order valence-electron chi connectivity index (χ2n) is 18.1. The monoisotopic (exact) mass is 881 g/mol. The first-order chi connectivity index (χ1) is 30.0. The third-order valence-electron chi connectivity index (χ3n) is 11.8. The van der Waals surface area contributed by atoms with Gasteiger partial charge in [-0.15, -0.1) is 0 Å². The summed E-state index contributed by atoms with van der Waals surface area (Å²) >= 11 is 4.18. The van der Waals surface area contributed by atoms with Gasteiger partial charge in [0.25, 0.3) is 0 Å². The van der Waals surface area contributed by atoms with Crippen LogP contribution in [0.2, 0.25) is 0 Å². The molecule has 16 heteroatoms. The van der Waals surface area contributed by atoms with Gasteiger partial charge < -0.3 is 34.9 Å². The second kappa shape index (κ2) is 19.1. The maximum absolute atomic E-state index is 16.0. The number of halogens is 1. The Balaban J connectivity index is 1.37. The number of nitrogens with one attached hydrogen (secondary N) is 1. The Bertz CT molecular complexity index is 2400. The zero-order valence-corrected chi connectivity index (χ0v) is 38.6. The molecule has 0 radical (unpaired) electrons. The number of anilines is 2. The minimum atomic E-state index is -0.662. The highest BCUT2D eigenvalue weighted by Crippen LogP contribution is 2.53. The zero-order valence-electron chi connectivity index (χ0n) is 37.7. The van der Waals surface area contributed by atoms with Crippen LogP contribution >= 0.6 is 12.8 Å². The second-order valence-corrected chi connectivity index (χ2v) is 18.3. The Morgan fingerprint density at radius 3 is 2.49 bits per heavy atom. The fourth-order valence-electron chi connectivity index (χ4n) is 7.79. The Morgan fingerprint density at radius 2 is 1.83 bits per heavy atom. The van der Waals surface area contributed by atoms with E-state index in [1.807, 2.05) is 52.0 Å². The lowest BCUT2D eigenvalue weighted by atomic mass is 9.87. The molecule has 0 saturated heterocycles. The maximum atomic E-state index is 16.0. The topological polar surface area (TPSA) is 161 Å². The van der Waals surface area contributed by atoms with Crippen LogP contribution in [0, 0.1) is 18.7 Å². The number of carbonyl (C=O) groups is 1. The van der Waals surface area contributed by atoms with Gasteiger partial charge in [0.05, 0.1) is 18.7 Å². The number of carbonyl (C=O) groups excluding carboxylic acids is 1. The molecular formula is C47H60FN9O5S. The molecule has 2 aliphatic heterocycles. The number of nitrogen functional groups attached to an aromatic ring is 1. The fraction of sp³-hybridized carbons (Fsp3) is 0.489. The highest BCUT2D eigenvalue weighted by molar-refractivity contribution is 7.79. The molecule has 1 amide bonds. The Kier molecular flexibility index (Phi) is 13.8. The van der Waals surface area contributed by atoms with Gasteiger partial charge in [-0.3, -0.25) is 5.01 Å². The van der Waals surface area contributed by atoms with Crippen molar-refractivity contribution in [1.82, 2.24) is 20.3 Å². The first kappa shape index (κ1) is 45.5. The quantitative estimate of drug-likeness (QED) is 0.0454. The van der Waals surface area contributed by atoms with Crippen LogP contribution in [0.4, 0.5) is 20.7 Å². The van der Waals surface area contributed by atoms with Gasteiger partial charge >= 0.3 is 12.1 Å². The van der Waals surface area contributed by atoms with Gasteiger partial charge in [-0.05, 0) is 113 Å². The largest absolute Gasteiger partial charge is 0.486 e. The summed E-state index contributed by atoms with van der Waals surface area (Å²) < 4.78 is 44.4. The van der Waals surface area contributed by atoms with Gasteiger partial charge in [0.15, 0.2) is 5.75 Å². The number of thiol groups is 1. The zero-order chi connectivity index (χ0) is 45.2. The smallest absolute Gasteiger partial charge is 0.408 e. The molecule has 3 aromatic carbocycles. The molecule has 0 spiro atoms. The van der Waals surface area contributed by atoms with E-state index in [0.29, 0.717) is 70.3 Å². The van der Waals surface area contributed by atoms with Crippen LogP contribution in [0.1, 0.15) is 101 Å². The number of amides is 1. The van der Waals surface area contributed by atoms with Crippen molar-refractivity contribution in [2.45, 2.75) is 111 Å². The van der Waals surface area contributed by atoms with Crippen molar-refractivity contribution in [3.8, 4) is 22.9 Å².